The number of nitrogens with one attached hydrogen (secondary N) is 1. The van der Waals surface area contributed by atoms with Gasteiger partial charge in [0.25, 0.3) is 5.91 Å². The van der Waals surface area contributed by atoms with Gasteiger partial charge in [-0.2, -0.15) is 0 Å². The minimum absolute atomic E-state index is 0.257. The maximum atomic E-state index is 12.5. The monoisotopic (exact) mass is 280 g/mol. The van der Waals surface area contributed by atoms with Gasteiger partial charge in [-0.05, 0) is 28.1 Å². The van der Waals surface area contributed by atoms with Crippen LogP contribution in [0.4, 0.5) is 5.82 Å². The molecule has 1 N–H and O–H groups in total. The van der Waals surface area contributed by atoms with Crippen molar-refractivity contribution in [1.82, 2.24) is 25.2 Å². The van der Waals surface area contributed by atoms with Crippen LogP contribution >= 0.6 is 0 Å². The van der Waals surface area contributed by atoms with E-state index in [1.54, 1.807) is 24.4 Å². The molecule has 0 fully saturated rings. The molecule has 2 aromatic heterocycles. The zero-order chi connectivity index (χ0) is 14.5. The first-order valence-electron chi connectivity index (χ1n) is 6.34. The first-order chi connectivity index (χ1) is 10.3. The first-order valence-corrected chi connectivity index (χ1v) is 6.34. The number of anilines is 1. The Morgan fingerprint density at radius 1 is 1.10 bits per heavy atom. The van der Waals surface area contributed by atoms with Crippen LogP contribution in [0.3, 0.4) is 0 Å². The number of carbonyl (C=O) groups is 1. The Morgan fingerprint density at radius 3 is 2.57 bits per heavy atom. The van der Waals surface area contributed by atoms with Gasteiger partial charge < -0.3 is 5.32 Å². The van der Waals surface area contributed by atoms with Crippen LogP contribution in [0.1, 0.15) is 11.6 Å². The van der Waals surface area contributed by atoms with E-state index >= 15 is 0 Å². The van der Waals surface area contributed by atoms with E-state index in [1.165, 1.54) is 11.0 Å². The Balaban J connectivity index is 1.91. The van der Waals surface area contributed by atoms with Crippen LogP contribution in [-0.4, -0.2) is 31.1 Å². The average molecular weight is 280 g/mol. The lowest BCUT2D eigenvalue weighted by Crippen LogP contribution is -2.27. The van der Waals surface area contributed by atoms with Crippen LogP contribution in [0.5, 0.6) is 0 Å². The molecule has 2 heterocycles. The fourth-order valence-electron chi connectivity index (χ4n) is 1.98. The van der Waals surface area contributed by atoms with E-state index in [0.717, 1.165) is 5.56 Å². The summed E-state index contributed by atoms with van der Waals surface area (Å²) in [6.45, 7) is 0. The van der Waals surface area contributed by atoms with Gasteiger partial charge in [-0.25, -0.2) is 9.67 Å². The van der Waals surface area contributed by atoms with E-state index in [1.807, 2.05) is 30.3 Å². The predicted octanol–water partition coefficient (Wildman–Crippen LogP) is 1.30. The lowest BCUT2D eigenvalue weighted by atomic mass is 10.1. The van der Waals surface area contributed by atoms with Crippen molar-refractivity contribution < 1.29 is 4.79 Å². The zero-order valence-corrected chi connectivity index (χ0v) is 11.0. The molecule has 7 heteroatoms. The van der Waals surface area contributed by atoms with Crippen molar-refractivity contribution in [3.05, 3.63) is 66.6 Å². The van der Waals surface area contributed by atoms with Crippen molar-refractivity contribution in [2.75, 3.05) is 5.32 Å². The number of benzene rings is 1. The Kier molecular flexibility index (Phi) is 3.64. The molecular formula is C14H12N6O. The Bertz CT molecular complexity index is 699. The summed E-state index contributed by atoms with van der Waals surface area (Å²) in [5.41, 5.74) is 0.790. The van der Waals surface area contributed by atoms with Gasteiger partial charge in [0.1, 0.15) is 12.1 Å². The van der Waals surface area contributed by atoms with E-state index in [-0.39, 0.29) is 5.91 Å². The lowest BCUT2D eigenvalue weighted by Gasteiger charge is -2.16. The van der Waals surface area contributed by atoms with Gasteiger partial charge in [0, 0.05) is 6.20 Å². The second kappa shape index (κ2) is 5.91. The third kappa shape index (κ3) is 2.92. The molecule has 1 unspecified atom stereocenters. The number of aromatic nitrogens is 5. The van der Waals surface area contributed by atoms with E-state index in [4.69, 9.17) is 0 Å². The minimum atomic E-state index is -0.650. The fourth-order valence-corrected chi connectivity index (χ4v) is 1.98. The third-order valence-electron chi connectivity index (χ3n) is 2.91. The average Bonchev–Trinajstić information content (AvgIpc) is 3.03. The smallest absolute Gasteiger partial charge is 0.255 e. The number of hydrogen-bond donors (Lipinski definition) is 1. The van der Waals surface area contributed by atoms with Crippen LogP contribution < -0.4 is 5.32 Å². The van der Waals surface area contributed by atoms with E-state index in [2.05, 4.69) is 25.8 Å². The number of rotatable bonds is 4. The second-order valence-electron chi connectivity index (χ2n) is 4.31. The Morgan fingerprint density at radius 2 is 1.90 bits per heavy atom. The Hall–Kier alpha value is -3.09. The van der Waals surface area contributed by atoms with Crippen molar-refractivity contribution in [3.8, 4) is 0 Å². The van der Waals surface area contributed by atoms with Crippen molar-refractivity contribution in [2.45, 2.75) is 6.04 Å². The van der Waals surface area contributed by atoms with Crippen molar-refractivity contribution in [3.63, 3.8) is 0 Å². The SMILES string of the molecule is O=C(Nc1ccccn1)C(c1ccccc1)n1cnnn1. The minimum Gasteiger partial charge on any atom is -0.309 e. The maximum absolute atomic E-state index is 12.5. The molecule has 0 aliphatic carbocycles. The molecule has 104 valence electrons. The number of nitrogens with zero attached hydrogens (tertiary/aromatic N) is 5. The highest BCUT2D eigenvalue weighted by atomic mass is 16.2. The predicted molar refractivity (Wildman–Crippen MR) is 75.3 cm³/mol. The number of hydrogen-bond acceptors (Lipinski definition) is 5. The van der Waals surface area contributed by atoms with E-state index in [0.29, 0.717) is 5.82 Å². The normalized spacial score (nSPS) is 11.8. The first kappa shape index (κ1) is 12.9. The van der Waals surface area contributed by atoms with Gasteiger partial charge in [-0.1, -0.05) is 36.4 Å². The van der Waals surface area contributed by atoms with Gasteiger partial charge in [-0.15, -0.1) is 5.10 Å². The quantitative estimate of drug-likeness (QED) is 0.778. The molecular weight excluding hydrogens is 268 g/mol. The highest BCUT2D eigenvalue weighted by molar-refractivity contribution is 5.94. The number of amides is 1. The molecule has 3 rings (SSSR count). The van der Waals surface area contributed by atoms with Gasteiger partial charge in [0.15, 0.2) is 6.04 Å². The standard InChI is InChI=1S/C14H12N6O/c21-14(17-12-8-4-5-9-15-12)13(20-10-16-18-19-20)11-6-2-1-3-7-11/h1-10,13H,(H,15,17,21). The molecule has 0 aliphatic heterocycles. The molecule has 1 atom stereocenters. The van der Waals surface area contributed by atoms with Gasteiger partial charge in [0.05, 0.1) is 0 Å². The van der Waals surface area contributed by atoms with Crippen molar-refractivity contribution in [1.29, 1.82) is 0 Å². The molecule has 7 nitrogen and oxygen atoms in total. The van der Waals surface area contributed by atoms with Crippen molar-refractivity contribution in [2.24, 2.45) is 0 Å². The largest absolute Gasteiger partial charge is 0.309 e. The number of pyridine rings is 1. The zero-order valence-electron chi connectivity index (χ0n) is 11.0. The van der Waals surface area contributed by atoms with Crippen LogP contribution in [0.15, 0.2) is 61.1 Å². The summed E-state index contributed by atoms with van der Waals surface area (Å²) in [6.07, 6.45) is 3.03. The summed E-state index contributed by atoms with van der Waals surface area (Å²) < 4.78 is 1.41. The topological polar surface area (TPSA) is 85.6 Å². The van der Waals surface area contributed by atoms with Gasteiger partial charge >= 0.3 is 0 Å². The molecule has 3 aromatic rings. The molecule has 0 spiro atoms. The Labute approximate surface area is 120 Å². The summed E-state index contributed by atoms with van der Waals surface area (Å²) in [5, 5.41) is 13.8. The number of tetrazole rings is 1. The summed E-state index contributed by atoms with van der Waals surface area (Å²) in [4.78, 5) is 16.6. The van der Waals surface area contributed by atoms with Crippen LogP contribution in [0.25, 0.3) is 0 Å². The molecule has 1 amide bonds. The highest BCUT2D eigenvalue weighted by Crippen LogP contribution is 2.18. The van der Waals surface area contributed by atoms with Crippen molar-refractivity contribution >= 4 is 11.7 Å². The van der Waals surface area contributed by atoms with E-state index < -0.39 is 6.04 Å². The molecule has 0 radical (unpaired) electrons. The fraction of sp³-hybridized carbons (Fsp3) is 0.0714. The molecule has 0 aliphatic rings. The summed E-state index contributed by atoms with van der Waals surface area (Å²) in [7, 11) is 0. The van der Waals surface area contributed by atoms with Crippen LogP contribution in [-0.2, 0) is 4.79 Å². The number of carbonyl (C=O) groups excluding carboxylic acids is 1. The molecule has 0 saturated carbocycles. The molecule has 0 saturated heterocycles. The summed E-state index contributed by atoms with van der Waals surface area (Å²) >= 11 is 0. The summed E-state index contributed by atoms with van der Waals surface area (Å²) in [5.74, 6) is 0.226. The third-order valence-corrected chi connectivity index (χ3v) is 2.91. The van der Waals surface area contributed by atoms with Gasteiger partial charge in [-0.3, -0.25) is 4.79 Å². The summed E-state index contributed by atoms with van der Waals surface area (Å²) in [6, 6.07) is 14.0. The van der Waals surface area contributed by atoms with Gasteiger partial charge in [0.2, 0.25) is 0 Å². The highest BCUT2D eigenvalue weighted by Gasteiger charge is 2.24. The maximum Gasteiger partial charge on any atom is 0.255 e. The second-order valence-corrected chi connectivity index (χ2v) is 4.31. The molecule has 1 aromatic carbocycles. The lowest BCUT2D eigenvalue weighted by molar-refractivity contribution is -0.118. The van der Waals surface area contributed by atoms with E-state index in [9.17, 15) is 4.79 Å². The van der Waals surface area contributed by atoms with Crippen LogP contribution in [0.2, 0.25) is 0 Å². The molecule has 21 heavy (non-hydrogen) atoms. The van der Waals surface area contributed by atoms with Crippen LogP contribution in [0, 0.1) is 0 Å². The molecule has 0 bridgehead atoms.